The van der Waals surface area contributed by atoms with E-state index in [0.29, 0.717) is 47.2 Å². The van der Waals surface area contributed by atoms with Crippen molar-refractivity contribution in [3.63, 3.8) is 0 Å². The van der Waals surface area contributed by atoms with Crippen molar-refractivity contribution in [3.05, 3.63) is 88.9 Å². The van der Waals surface area contributed by atoms with Gasteiger partial charge in [0, 0.05) is 29.0 Å². The number of aromatic nitrogens is 1. The number of nitrogens with zero attached hydrogens (tertiary/aromatic N) is 1. The number of pyridine rings is 1. The Morgan fingerprint density at radius 3 is 2.66 bits per heavy atom. The van der Waals surface area contributed by atoms with Crippen LogP contribution in [0.3, 0.4) is 0 Å². The van der Waals surface area contributed by atoms with Crippen molar-refractivity contribution in [2.45, 2.75) is 12.5 Å². The van der Waals surface area contributed by atoms with Crippen molar-refractivity contribution >= 4 is 40.4 Å². The Morgan fingerprint density at radius 1 is 1.06 bits per heavy atom. The van der Waals surface area contributed by atoms with E-state index in [1.807, 2.05) is 30.3 Å². The van der Waals surface area contributed by atoms with Crippen molar-refractivity contribution in [1.29, 1.82) is 0 Å². The zero-order valence-electron chi connectivity index (χ0n) is 18.2. The van der Waals surface area contributed by atoms with Gasteiger partial charge in [-0.1, -0.05) is 29.8 Å². The maximum Gasteiger partial charge on any atom is 0.506 e. The average Bonchev–Trinajstić information content (AvgIpc) is 2.85. The van der Waals surface area contributed by atoms with Crippen LogP contribution in [0.25, 0.3) is 10.9 Å². The molecule has 9 heteroatoms. The second-order valence-corrected chi connectivity index (χ2v) is 8.21. The Balaban J connectivity index is 1.29. The molecule has 1 aromatic heterocycles. The van der Waals surface area contributed by atoms with Crippen LogP contribution >= 0.6 is 11.6 Å². The smallest absolute Gasteiger partial charge is 0.493 e. The van der Waals surface area contributed by atoms with E-state index >= 15 is 0 Å². The van der Waals surface area contributed by atoms with Crippen LogP contribution in [0.1, 0.15) is 28.4 Å². The number of ether oxygens (including phenoxy) is 3. The van der Waals surface area contributed by atoms with Crippen LogP contribution < -0.4 is 14.8 Å². The highest BCUT2D eigenvalue weighted by atomic mass is 35.5. The highest BCUT2D eigenvalue weighted by Crippen LogP contribution is 2.42. The van der Waals surface area contributed by atoms with Gasteiger partial charge in [0.05, 0.1) is 17.1 Å². The number of carbonyl (C=O) groups excluding carboxylic acids is 1. The lowest BCUT2D eigenvalue weighted by Gasteiger charge is -2.25. The monoisotopic (exact) mass is 490 g/mol. The number of carbonyl (C=O) groups is 2. The topological polar surface area (TPSA) is 107 Å². The summed E-state index contributed by atoms with van der Waals surface area (Å²) in [6.07, 6.45) is -1.62. The third kappa shape index (κ3) is 4.97. The summed E-state index contributed by atoms with van der Waals surface area (Å²) in [5, 5.41) is 13.0. The summed E-state index contributed by atoms with van der Waals surface area (Å²) in [6.45, 7) is 0.307. The molecule has 35 heavy (non-hydrogen) atoms. The van der Waals surface area contributed by atoms with Crippen molar-refractivity contribution in [2.24, 2.45) is 0 Å². The van der Waals surface area contributed by atoms with E-state index < -0.39 is 12.3 Å². The minimum atomic E-state index is -1.36. The molecule has 5 rings (SSSR count). The number of rotatable bonds is 5. The van der Waals surface area contributed by atoms with Gasteiger partial charge in [0.1, 0.15) is 29.2 Å². The number of para-hydroxylation sites is 1. The van der Waals surface area contributed by atoms with E-state index in [-0.39, 0.29) is 10.9 Å². The van der Waals surface area contributed by atoms with Gasteiger partial charge < -0.3 is 24.6 Å². The second-order valence-electron chi connectivity index (χ2n) is 7.80. The molecule has 0 radical (unpaired) electrons. The lowest BCUT2D eigenvalue weighted by molar-refractivity contribution is 0.0326. The molecule has 3 aromatic carbocycles. The first kappa shape index (κ1) is 22.5. The average molecular weight is 491 g/mol. The summed E-state index contributed by atoms with van der Waals surface area (Å²) in [5.41, 5.74) is 1.77. The second kappa shape index (κ2) is 9.52. The zero-order valence-corrected chi connectivity index (χ0v) is 19.0. The third-order valence-corrected chi connectivity index (χ3v) is 5.77. The number of hydrogen-bond donors (Lipinski definition) is 2. The molecule has 2 heterocycles. The predicted molar refractivity (Wildman–Crippen MR) is 130 cm³/mol. The van der Waals surface area contributed by atoms with Crippen molar-refractivity contribution in [2.75, 3.05) is 11.9 Å². The fourth-order valence-corrected chi connectivity index (χ4v) is 4.02. The first-order valence-electron chi connectivity index (χ1n) is 10.8. The first-order chi connectivity index (χ1) is 17.0. The molecule has 176 valence electrons. The largest absolute Gasteiger partial charge is 0.506 e. The highest BCUT2D eigenvalue weighted by molar-refractivity contribution is 6.32. The quantitative estimate of drug-likeness (QED) is 0.309. The molecule has 1 unspecified atom stereocenters. The number of anilines is 1. The summed E-state index contributed by atoms with van der Waals surface area (Å²) in [5.74, 6) is 1.39. The molecular formula is C26H19ClN2O6. The molecule has 0 saturated heterocycles. The normalized spacial score (nSPS) is 14.5. The molecule has 4 aromatic rings. The van der Waals surface area contributed by atoms with Gasteiger partial charge in [0.25, 0.3) is 5.91 Å². The van der Waals surface area contributed by atoms with Crippen LogP contribution in [0, 0.1) is 0 Å². The van der Waals surface area contributed by atoms with Crippen LogP contribution in [-0.4, -0.2) is 28.8 Å². The van der Waals surface area contributed by atoms with E-state index in [0.717, 1.165) is 10.9 Å². The molecule has 0 bridgehead atoms. The fourth-order valence-electron chi connectivity index (χ4n) is 3.81. The molecular weight excluding hydrogens is 472 g/mol. The van der Waals surface area contributed by atoms with Crippen molar-refractivity contribution < 1.29 is 28.9 Å². The summed E-state index contributed by atoms with van der Waals surface area (Å²) in [6, 6.07) is 21.0. The van der Waals surface area contributed by atoms with Gasteiger partial charge in [-0.15, -0.1) is 0 Å². The Bertz CT molecular complexity index is 1420. The molecule has 0 fully saturated rings. The number of benzene rings is 3. The highest BCUT2D eigenvalue weighted by Gasteiger charge is 2.27. The van der Waals surface area contributed by atoms with E-state index in [4.69, 9.17) is 30.9 Å². The predicted octanol–water partition coefficient (Wildman–Crippen LogP) is 6.45. The van der Waals surface area contributed by atoms with Gasteiger partial charge in [-0.25, -0.2) is 9.78 Å². The summed E-state index contributed by atoms with van der Waals surface area (Å²) < 4.78 is 16.4. The molecule has 8 nitrogen and oxygen atoms in total. The van der Waals surface area contributed by atoms with Gasteiger partial charge >= 0.3 is 6.16 Å². The molecule has 1 amide bonds. The first-order valence-corrected chi connectivity index (χ1v) is 11.1. The summed E-state index contributed by atoms with van der Waals surface area (Å²) in [7, 11) is 0. The van der Waals surface area contributed by atoms with Crippen LogP contribution in [0.2, 0.25) is 5.02 Å². The molecule has 0 saturated carbocycles. The van der Waals surface area contributed by atoms with E-state index in [1.165, 1.54) is 0 Å². The molecule has 2 N–H and O–H groups in total. The zero-order chi connectivity index (χ0) is 24.4. The Hall–Kier alpha value is -4.30. The van der Waals surface area contributed by atoms with Gasteiger partial charge in [-0.2, -0.15) is 0 Å². The van der Waals surface area contributed by atoms with Gasteiger partial charge in [-0.05, 0) is 48.5 Å². The fraction of sp³-hybridized carbons (Fsp3) is 0.115. The number of halogens is 1. The van der Waals surface area contributed by atoms with E-state index in [2.05, 4.69) is 10.3 Å². The van der Waals surface area contributed by atoms with E-state index in [1.54, 1.807) is 42.5 Å². The molecule has 1 atom stereocenters. The Morgan fingerprint density at radius 2 is 1.86 bits per heavy atom. The number of fused-ring (bicyclic) bond motifs is 2. The molecule has 1 aliphatic rings. The SMILES string of the molecule is O=C(O)OC1CCOc2cc(Oc3ccc(C(=O)Nc4ccc5ccccc5n4)cc3)c(Cl)cc21. The van der Waals surface area contributed by atoms with Crippen LogP contribution in [0.15, 0.2) is 72.8 Å². The van der Waals surface area contributed by atoms with Crippen LogP contribution in [0.4, 0.5) is 10.6 Å². The summed E-state index contributed by atoms with van der Waals surface area (Å²) in [4.78, 5) is 28.1. The molecule has 1 aliphatic heterocycles. The van der Waals surface area contributed by atoms with Crippen LogP contribution in [-0.2, 0) is 4.74 Å². The third-order valence-electron chi connectivity index (χ3n) is 5.48. The Labute approximate surface area is 205 Å². The van der Waals surface area contributed by atoms with Gasteiger partial charge in [-0.3, -0.25) is 4.79 Å². The Kier molecular flexibility index (Phi) is 6.12. The minimum absolute atomic E-state index is 0.275. The minimum Gasteiger partial charge on any atom is -0.493 e. The number of amides is 1. The lowest BCUT2D eigenvalue weighted by Crippen LogP contribution is -2.18. The number of hydrogen-bond acceptors (Lipinski definition) is 6. The van der Waals surface area contributed by atoms with E-state index in [9.17, 15) is 9.59 Å². The van der Waals surface area contributed by atoms with Crippen molar-refractivity contribution in [3.8, 4) is 17.2 Å². The van der Waals surface area contributed by atoms with Gasteiger partial charge in [0.15, 0.2) is 0 Å². The maximum atomic E-state index is 12.7. The maximum absolute atomic E-state index is 12.7. The van der Waals surface area contributed by atoms with Crippen LogP contribution in [0.5, 0.6) is 17.2 Å². The summed E-state index contributed by atoms with van der Waals surface area (Å²) >= 11 is 6.37. The van der Waals surface area contributed by atoms with Crippen molar-refractivity contribution in [1.82, 2.24) is 4.98 Å². The standard InChI is InChI=1S/C26H19ClN2O6/c27-19-13-18-21(35-26(31)32)11-12-33-22(18)14-23(19)34-17-8-5-16(6-9-17)25(30)29-24-10-7-15-3-1-2-4-20(15)28-24/h1-10,13-14,21H,11-12H2,(H,31,32)(H,28,29,30). The molecule has 0 spiro atoms. The van der Waals surface area contributed by atoms with Gasteiger partial charge in [0.2, 0.25) is 0 Å². The molecule has 0 aliphatic carbocycles. The lowest BCUT2D eigenvalue weighted by atomic mass is 10.0. The number of carboxylic acid groups (broad SMARTS) is 1. The number of nitrogens with one attached hydrogen (secondary N) is 1.